The highest BCUT2D eigenvalue weighted by Gasteiger charge is 2.10. The summed E-state index contributed by atoms with van der Waals surface area (Å²) in [6.45, 7) is 2.23. The van der Waals surface area contributed by atoms with Crippen molar-refractivity contribution in [1.82, 2.24) is 0 Å². The van der Waals surface area contributed by atoms with Crippen LogP contribution in [0.15, 0.2) is 48.5 Å². The number of halogens is 1. The maximum absolute atomic E-state index is 5.19. The SMILES string of the molecule is CCCCc1ccc(C(Br)c2ccc(OC)cc2)cc1. The van der Waals surface area contributed by atoms with E-state index >= 15 is 0 Å². The normalized spacial score (nSPS) is 12.2. The van der Waals surface area contributed by atoms with Gasteiger partial charge < -0.3 is 4.74 Å². The van der Waals surface area contributed by atoms with Crippen LogP contribution in [0.4, 0.5) is 0 Å². The van der Waals surface area contributed by atoms with Crippen molar-refractivity contribution in [3.63, 3.8) is 0 Å². The molecule has 0 aromatic heterocycles. The quantitative estimate of drug-likeness (QED) is 0.632. The van der Waals surface area contributed by atoms with E-state index in [2.05, 4.69) is 59.3 Å². The van der Waals surface area contributed by atoms with Crippen LogP contribution in [0.3, 0.4) is 0 Å². The molecule has 106 valence electrons. The van der Waals surface area contributed by atoms with Gasteiger partial charge in [0.05, 0.1) is 11.9 Å². The molecule has 1 unspecified atom stereocenters. The molecule has 2 aromatic carbocycles. The Morgan fingerprint density at radius 1 is 0.950 bits per heavy atom. The molecule has 0 heterocycles. The molecule has 0 fully saturated rings. The zero-order chi connectivity index (χ0) is 14.4. The molecule has 0 radical (unpaired) electrons. The summed E-state index contributed by atoms with van der Waals surface area (Å²) >= 11 is 3.78. The first kappa shape index (κ1) is 15.1. The molecule has 0 saturated heterocycles. The van der Waals surface area contributed by atoms with E-state index in [0.29, 0.717) is 0 Å². The number of alkyl halides is 1. The second-order valence-corrected chi connectivity index (χ2v) is 5.90. The first-order chi connectivity index (χ1) is 9.74. The van der Waals surface area contributed by atoms with Gasteiger partial charge in [0, 0.05) is 0 Å². The molecule has 0 spiro atoms. The Labute approximate surface area is 130 Å². The van der Waals surface area contributed by atoms with E-state index in [0.717, 1.165) is 5.75 Å². The Kier molecular flexibility index (Phi) is 5.66. The summed E-state index contributed by atoms with van der Waals surface area (Å²) in [5.74, 6) is 0.892. The lowest BCUT2D eigenvalue weighted by atomic mass is 10.0. The summed E-state index contributed by atoms with van der Waals surface area (Å²) in [5.41, 5.74) is 3.95. The predicted molar refractivity (Wildman–Crippen MR) is 88.8 cm³/mol. The van der Waals surface area contributed by atoms with E-state index in [9.17, 15) is 0 Å². The van der Waals surface area contributed by atoms with Gasteiger partial charge in [-0.2, -0.15) is 0 Å². The molecule has 2 heteroatoms. The van der Waals surface area contributed by atoms with Gasteiger partial charge in [-0.15, -0.1) is 0 Å². The van der Waals surface area contributed by atoms with E-state index in [1.165, 1.54) is 36.0 Å². The van der Waals surface area contributed by atoms with Gasteiger partial charge in [-0.1, -0.05) is 65.7 Å². The predicted octanol–water partition coefficient (Wildman–Crippen LogP) is 5.52. The lowest BCUT2D eigenvalue weighted by Gasteiger charge is -2.12. The molecule has 1 atom stereocenters. The van der Waals surface area contributed by atoms with Gasteiger partial charge in [0.1, 0.15) is 5.75 Å². The molecular weight excluding hydrogens is 312 g/mol. The molecule has 0 amide bonds. The summed E-state index contributed by atoms with van der Waals surface area (Å²) in [6.07, 6.45) is 3.68. The molecule has 2 aromatic rings. The Balaban J connectivity index is 2.09. The van der Waals surface area contributed by atoms with Crippen LogP contribution >= 0.6 is 15.9 Å². The van der Waals surface area contributed by atoms with Gasteiger partial charge >= 0.3 is 0 Å². The highest BCUT2D eigenvalue weighted by Crippen LogP contribution is 2.31. The average Bonchev–Trinajstić information content (AvgIpc) is 2.53. The second kappa shape index (κ2) is 7.49. The number of hydrogen-bond acceptors (Lipinski definition) is 1. The Morgan fingerprint density at radius 3 is 2.00 bits per heavy atom. The molecule has 2 rings (SSSR count). The number of ether oxygens (including phenoxy) is 1. The fourth-order valence-corrected chi connectivity index (χ4v) is 2.81. The molecular formula is C18H21BrO. The first-order valence-corrected chi connectivity index (χ1v) is 8.03. The van der Waals surface area contributed by atoms with Crippen LogP contribution in [0.1, 0.15) is 41.3 Å². The highest BCUT2D eigenvalue weighted by atomic mass is 79.9. The summed E-state index contributed by atoms with van der Waals surface area (Å²) in [5, 5.41) is 0. The van der Waals surface area contributed by atoms with Crippen molar-refractivity contribution in [3.05, 3.63) is 65.2 Å². The Bertz CT molecular complexity index is 516. The molecule has 0 aliphatic carbocycles. The number of methoxy groups -OCH3 is 1. The van der Waals surface area contributed by atoms with Crippen molar-refractivity contribution in [2.45, 2.75) is 31.0 Å². The topological polar surface area (TPSA) is 9.23 Å². The van der Waals surface area contributed by atoms with Gasteiger partial charge in [0.25, 0.3) is 0 Å². The zero-order valence-corrected chi connectivity index (χ0v) is 13.7. The number of unbranched alkanes of at least 4 members (excludes halogenated alkanes) is 1. The van der Waals surface area contributed by atoms with Crippen LogP contribution < -0.4 is 4.74 Å². The maximum Gasteiger partial charge on any atom is 0.118 e. The molecule has 0 aliphatic heterocycles. The minimum atomic E-state index is 0.230. The number of benzene rings is 2. The largest absolute Gasteiger partial charge is 0.497 e. The maximum atomic E-state index is 5.19. The lowest BCUT2D eigenvalue weighted by Crippen LogP contribution is -1.94. The third kappa shape index (κ3) is 3.86. The van der Waals surface area contributed by atoms with Crippen LogP contribution in [-0.4, -0.2) is 7.11 Å². The van der Waals surface area contributed by atoms with Crippen molar-refractivity contribution < 1.29 is 4.74 Å². The number of hydrogen-bond donors (Lipinski definition) is 0. The van der Waals surface area contributed by atoms with E-state index in [-0.39, 0.29) is 4.83 Å². The summed E-state index contributed by atoms with van der Waals surface area (Å²) < 4.78 is 5.19. The lowest BCUT2D eigenvalue weighted by molar-refractivity contribution is 0.414. The first-order valence-electron chi connectivity index (χ1n) is 7.11. The van der Waals surface area contributed by atoms with Crippen molar-refractivity contribution in [2.24, 2.45) is 0 Å². The third-order valence-corrected chi connectivity index (χ3v) is 4.56. The van der Waals surface area contributed by atoms with Crippen LogP contribution in [0, 0.1) is 0 Å². The molecule has 0 saturated carbocycles. The summed E-state index contributed by atoms with van der Waals surface area (Å²) in [6, 6.07) is 17.1. The monoisotopic (exact) mass is 332 g/mol. The van der Waals surface area contributed by atoms with Crippen molar-refractivity contribution >= 4 is 15.9 Å². The molecule has 0 bridgehead atoms. The van der Waals surface area contributed by atoms with Crippen LogP contribution in [0.5, 0.6) is 5.75 Å². The highest BCUT2D eigenvalue weighted by molar-refractivity contribution is 9.09. The second-order valence-electron chi connectivity index (χ2n) is 4.98. The summed E-state index contributed by atoms with van der Waals surface area (Å²) in [7, 11) is 1.69. The molecule has 20 heavy (non-hydrogen) atoms. The summed E-state index contributed by atoms with van der Waals surface area (Å²) in [4.78, 5) is 0.230. The molecule has 1 nitrogen and oxygen atoms in total. The molecule has 0 N–H and O–H groups in total. The van der Waals surface area contributed by atoms with E-state index in [4.69, 9.17) is 4.74 Å². The fraction of sp³-hybridized carbons (Fsp3) is 0.333. The van der Waals surface area contributed by atoms with E-state index < -0.39 is 0 Å². The van der Waals surface area contributed by atoms with Crippen LogP contribution in [0.2, 0.25) is 0 Å². The smallest absolute Gasteiger partial charge is 0.118 e. The van der Waals surface area contributed by atoms with Crippen molar-refractivity contribution in [3.8, 4) is 5.75 Å². The van der Waals surface area contributed by atoms with Crippen LogP contribution in [-0.2, 0) is 6.42 Å². The minimum absolute atomic E-state index is 0.230. The van der Waals surface area contributed by atoms with Gasteiger partial charge in [-0.05, 0) is 41.7 Å². The fourth-order valence-electron chi connectivity index (χ4n) is 2.20. The van der Waals surface area contributed by atoms with Gasteiger partial charge in [-0.3, -0.25) is 0 Å². The standard InChI is InChI=1S/C18H21BrO/c1-3-4-5-14-6-8-15(9-7-14)18(19)16-10-12-17(20-2)13-11-16/h6-13,18H,3-5H2,1-2H3. The Morgan fingerprint density at radius 2 is 1.50 bits per heavy atom. The molecule has 0 aliphatic rings. The third-order valence-electron chi connectivity index (χ3n) is 3.50. The van der Waals surface area contributed by atoms with Crippen molar-refractivity contribution in [2.75, 3.05) is 7.11 Å². The minimum Gasteiger partial charge on any atom is -0.497 e. The number of aryl methyl sites for hydroxylation is 1. The Hall–Kier alpha value is -1.28. The van der Waals surface area contributed by atoms with E-state index in [1.807, 2.05) is 12.1 Å². The van der Waals surface area contributed by atoms with Crippen LogP contribution in [0.25, 0.3) is 0 Å². The van der Waals surface area contributed by atoms with Gasteiger partial charge in [-0.25, -0.2) is 0 Å². The van der Waals surface area contributed by atoms with Gasteiger partial charge in [0.15, 0.2) is 0 Å². The zero-order valence-electron chi connectivity index (χ0n) is 12.1. The van der Waals surface area contributed by atoms with Gasteiger partial charge in [0.2, 0.25) is 0 Å². The average molecular weight is 333 g/mol. The number of rotatable bonds is 6. The van der Waals surface area contributed by atoms with E-state index in [1.54, 1.807) is 7.11 Å². The van der Waals surface area contributed by atoms with Crippen molar-refractivity contribution in [1.29, 1.82) is 0 Å².